The summed E-state index contributed by atoms with van der Waals surface area (Å²) in [4.78, 5) is 24.9. The normalized spacial score (nSPS) is 30.0. The van der Waals surface area contributed by atoms with E-state index in [1.807, 2.05) is 6.07 Å². The highest BCUT2D eigenvalue weighted by atomic mass is 19.1. The summed E-state index contributed by atoms with van der Waals surface area (Å²) in [5.74, 6) is -0.368. The number of hydrogen-bond donors (Lipinski definition) is 2. The molecule has 140 valence electrons. The van der Waals surface area contributed by atoms with Crippen LogP contribution in [0.3, 0.4) is 0 Å². The SMILES string of the molecule is CC(=O)NC[C@@H]1OC(=O)N2c3cc(F)c(C4CCC(O)CC4)cc3C[C@@H]12. The predicted molar refractivity (Wildman–Crippen MR) is 92.5 cm³/mol. The molecule has 2 amide bonds. The molecule has 2 N–H and O–H groups in total. The van der Waals surface area contributed by atoms with E-state index in [0.29, 0.717) is 30.5 Å². The number of benzene rings is 1. The molecule has 1 aromatic carbocycles. The zero-order valence-corrected chi connectivity index (χ0v) is 14.7. The van der Waals surface area contributed by atoms with Crippen LogP contribution in [0, 0.1) is 5.82 Å². The number of nitrogens with one attached hydrogen (secondary N) is 1. The van der Waals surface area contributed by atoms with Gasteiger partial charge in [0, 0.05) is 6.92 Å². The fourth-order valence-electron chi connectivity index (χ4n) is 4.43. The number of fused-ring (bicyclic) bond motifs is 3. The molecule has 26 heavy (non-hydrogen) atoms. The first-order chi connectivity index (χ1) is 12.4. The van der Waals surface area contributed by atoms with Crippen LogP contribution in [0.2, 0.25) is 0 Å². The van der Waals surface area contributed by atoms with Gasteiger partial charge in [-0.25, -0.2) is 9.18 Å². The Labute approximate surface area is 151 Å². The van der Waals surface area contributed by atoms with Gasteiger partial charge in [0.2, 0.25) is 5.91 Å². The summed E-state index contributed by atoms with van der Waals surface area (Å²) in [6.45, 7) is 1.67. The van der Waals surface area contributed by atoms with E-state index in [-0.39, 0.29) is 36.3 Å². The number of carbonyl (C=O) groups is 2. The van der Waals surface area contributed by atoms with E-state index in [9.17, 15) is 19.1 Å². The summed E-state index contributed by atoms with van der Waals surface area (Å²) in [7, 11) is 0. The van der Waals surface area contributed by atoms with Gasteiger partial charge in [-0.2, -0.15) is 0 Å². The quantitative estimate of drug-likeness (QED) is 0.864. The number of hydrogen-bond acceptors (Lipinski definition) is 4. The van der Waals surface area contributed by atoms with Crippen molar-refractivity contribution in [3.63, 3.8) is 0 Å². The molecule has 3 aliphatic rings. The average Bonchev–Trinajstić information content (AvgIpc) is 3.11. The van der Waals surface area contributed by atoms with Crippen molar-refractivity contribution >= 4 is 17.7 Å². The minimum Gasteiger partial charge on any atom is -0.442 e. The highest BCUT2D eigenvalue weighted by Gasteiger charge is 2.48. The minimum atomic E-state index is -0.489. The van der Waals surface area contributed by atoms with Crippen LogP contribution in [0.5, 0.6) is 0 Å². The summed E-state index contributed by atoms with van der Waals surface area (Å²) in [6, 6.07) is 3.11. The third kappa shape index (κ3) is 2.94. The van der Waals surface area contributed by atoms with Crippen molar-refractivity contribution in [1.82, 2.24) is 5.32 Å². The van der Waals surface area contributed by atoms with Gasteiger partial charge in [-0.1, -0.05) is 6.07 Å². The number of cyclic esters (lactones) is 1. The summed E-state index contributed by atoms with van der Waals surface area (Å²) < 4.78 is 20.1. The van der Waals surface area contributed by atoms with E-state index in [1.54, 1.807) is 0 Å². The van der Waals surface area contributed by atoms with E-state index in [2.05, 4.69) is 5.32 Å². The number of nitrogens with zero attached hydrogens (tertiary/aromatic N) is 1. The maximum atomic E-state index is 14.8. The van der Waals surface area contributed by atoms with Crippen LogP contribution in [-0.2, 0) is 16.0 Å². The minimum absolute atomic E-state index is 0.112. The molecule has 2 fully saturated rings. The summed E-state index contributed by atoms with van der Waals surface area (Å²) in [5.41, 5.74) is 2.20. The molecule has 1 aromatic rings. The third-order valence-corrected chi connectivity index (χ3v) is 5.78. The van der Waals surface area contributed by atoms with Crippen LogP contribution in [0.15, 0.2) is 12.1 Å². The largest absolute Gasteiger partial charge is 0.442 e. The summed E-state index contributed by atoms with van der Waals surface area (Å²) in [6.07, 6.45) is 2.33. The van der Waals surface area contributed by atoms with Crippen LogP contribution < -0.4 is 10.2 Å². The highest BCUT2D eigenvalue weighted by Crippen LogP contribution is 2.43. The van der Waals surface area contributed by atoms with Crippen molar-refractivity contribution in [2.75, 3.05) is 11.4 Å². The monoisotopic (exact) mass is 362 g/mol. The van der Waals surface area contributed by atoms with Crippen LogP contribution in [0.25, 0.3) is 0 Å². The molecule has 1 saturated carbocycles. The standard InChI is InChI=1S/C19H23FN2O4/c1-10(23)21-9-18-17-7-12-6-14(11-2-4-13(24)5-3-11)15(20)8-16(12)22(17)19(25)26-18/h6,8,11,13,17-18,24H,2-5,7,9H2,1H3,(H,21,23)/t11?,13?,17-,18-/m0/s1. The van der Waals surface area contributed by atoms with Gasteiger partial charge in [0.25, 0.3) is 0 Å². The van der Waals surface area contributed by atoms with E-state index in [1.165, 1.54) is 17.9 Å². The Morgan fingerprint density at radius 3 is 2.77 bits per heavy atom. The van der Waals surface area contributed by atoms with Crippen LogP contribution >= 0.6 is 0 Å². The molecule has 1 aliphatic carbocycles. The fraction of sp³-hybridized carbons (Fsp3) is 0.579. The molecule has 2 aliphatic heterocycles. The van der Waals surface area contributed by atoms with E-state index >= 15 is 0 Å². The second-order valence-corrected chi connectivity index (χ2v) is 7.51. The second-order valence-electron chi connectivity index (χ2n) is 7.51. The number of aliphatic hydroxyl groups is 1. The van der Waals surface area contributed by atoms with Crippen molar-refractivity contribution in [3.05, 3.63) is 29.1 Å². The number of carbonyl (C=O) groups excluding carboxylic acids is 2. The lowest BCUT2D eigenvalue weighted by atomic mass is 9.82. The molecule has 2 heterocycles. The lowest BCUT2D eigenvalue weighted by Gasteiger charge is -2.26. The number of aliphatic hydroxyl groups excluding tert-OH is 1. The molecule has 0 aromatic heterocycles. The van der Waals surface area contributed by atoms with Crippen molar-refractivity contribution in [2.45, 2.75) is 63.2 Å². The van der Waals surface area contributed by atoms with E-state index in [0.717, 1.165) is 18.4 Å². The maximum Gasteiger partial charge on any atom is 0.415 e. The molecule has 2 atom stereocenters. The van der Waals surface area contributed by atoms with Crippen LogP contribution in [0.4, 0.5) is 14.9 Å². The first-order valence-corrected chi connectivity index (χ1v) is 9.18. The van der Waals surface area contributed by atoms with Gasteiger partial charge in [-0.15, -0.1) is 0 Å². The Morgan fingerprint density at radius 1 is 1.35 bits per heavy atom. The number of halogens is 1. The molecular formula is C19H23FN2O4. The fourth-order valence-corrected chi connectivity index (χ4v) is 4.43. The van der Waals surface area contributed by atoms with Gasteiger partial charge in [-0.05, 0) is 55.2 Å². The van der Waals surface area contributed by atoms with Crippen molar-refractivity contribution < 1.29 is 23.8 Å². The predicted octanol–water partition coefficient (Wildman–Crippen LogP) is 2.23. The van der Waals surface area contributed by atoms with Crippen molar-refractivity contribution in [1.29, 1.82) is 0 Å². The number of amides is 2. The van der Waals surface area contributed by atoms with Crippen LogP contribution in [-0.4, -0.2) is 41.9 Å². The second kappa shape index (κ2) is 6.54. The van der Waals surface area contributed by atoms with Gasteiger partial charge in [0.1, 0.15) is 11.9 Å². The topological polar surface area (TPSA) is 78.9 Å². The average molecular weight is 362 g/mol. The lowest BCUT2D eigenvalue weighted by molar-refractivity contribution is -0.119. The number of rotatable bonds is 3. The molecule has 0 bridgehead atoms. The van der Waals surface area contributed by atoms with Gasteiger partial charge in [0.15, 0.2) is 0 Å². The maximum absolute atomic E-state index is 14.8. The zero-order valence-electron chi connectivity index (χ0n) is 14.7. The number of anilines is 1. The Kier molecular flexibility index (Phi) is 4.34. The molecule has 0 unspecified atom stereocenters. The first-order valence-electron chi connectivity index (χ1n) is 9.18. The smallest absolute Gasteiger partial charge is 0.415 e. The zero-order chi connectivity index (χ0) is 18.4. The highest BCUT2D eigenvalue weighted by molar-refractivity contribution is 5.94. The molecule has 7 heteroatoms. The van der Waals surface area contributed by atoms with E-state index in [4.69, 9.17) is 4.74 Å². The summed E-state index contributed by atoms with van der Waals surface area (Å²) >= 11 is 0. The molecule has 1 saturated heterocycles. The van der Waals surface area contributed by atoms with Crippen molar-refractivity contribution in [3.8, 4) is 0 Å². The van der Waals surface area contributed by atoms with Crippen molar-refractivity contribution in [2.24, 2.45) is 0 Å². The molecule has 6 nitrogen and oxygen atoms in total. The molecule has 0 spiro atoms. The van der Waals surface area contributed by atoms with Gasteiger partial charge >= 0.3 is 6.09 Å². The Hall–Kier alpha value is -2.15. The number of ether oxygens (including phenoxy) is 1. The van der Waals surface area contributed by atoms with E-state index < -0.39 is 12.2 Å². The van der Waals surface area contributed by atoms with Gasteiger partial charge < -0.3 is 15.2 Å². The van der Waals surface area contributed by atoms with Gasteiger partial charge in [0.05, 0.1) is 24.4 Å². The first kappa shape index (κ1) is 17.3. The Balaban J connectivity index is 1.58. The molecule has 0 radical (unpaired) electrons. The van der Waals surface area contributed by atoms with Crippen LogP contribution in [0.1, 0.15) is 49.7 Å². The van der Waals surface area contributed by atoms with Gasteiger partial charge in [-0.3, -0.25) is 9.69 Å². The molecule has 4 rings (SSSR count). The molecular weight excluding hydrogens is 339 g/mol. The Morgan fingerprint density at radius 2 is 2.08 bits per heavy atom. The Bertz CT molecular complexity index is 745. The summed E-state index contributed by atoms with van der Waals surface area (Å²) in [5, 5.41) is 12.4. The third-order valence-electron chi connectivity index (χ3n) is 5.78. The lowest BCUT2D eigenvalue weighted by Crippen LogP contribution is -2.40.